The molecule has 0 saturated heterocycles. The summed E-state index contributed by atoms with van der Waals surface area (Å²) in [5.41, 5.74) is 0. The monoisotopic (exact) mass is 218 g/mol. The smallest absolute Gasteiger partial charge is 0.0518 e. The first kappa shape index (κ1) is 17.3. The first-order chi connectivity index (χ1) is 6.63. The first-order valence-electron chi connectivity index (χ1n) is 5.82. The average molecular weight is 218 g/mol. The molecule has 15 heavy (non-hydrogen) atoms. The molecule has 0 aliphatic rings. The second kappa shape index (κ2) is 12.0. The molecule has 2 nitrogen and oxygen atoms in total. The van der Waals surface area contributed by atoms with E-state index in [0.29, 0.717) is 6.10 Å². The summed E-state index contributed by atoms with van der Waals surface area (Å²) in [5.74, 6) is 0.794. The zero-order valence-electron chi connectivity index (χ0n) is 10.2. The van der Waals surface area contributed by atoms with E-state index in [1.165, 1.54) is 12.8 Å². The molecule has 0 atom stereocenters. The lowest BCUT2D eigenvalue weighted by Gasteiger charge is -2.08. The van der Waals surface area contributed by atoms with E-state index in [1.54, 1.807) is 0 Å². The van der Waals surface area contributed by atoms with Crippen molar-refractivity contribution in [3.63, 3.8) is 0 Å². The quantitative estimate of drug-likeness (QED) is 0.547. The van der Waals surface area contributed by atoms with Crippen LogP contribution in [0.1, 0.15) is 54.4 Å². The third-order valence-electron chi connectivity index (χ3n) is 1.95. The standard InChI is InChI=1S/C12H26O2.CH4/c1-11(2)7-5-8-13-9-6-10-14-12(3)4;/h11-12H,5-10H2,1-4H3;1H4. The van der Waals surface area contributed by atoms with Gasteiger partial charge in [0.05, 0.1) is 6.10 Å². The van der Waals surface area contributed by atoms with Crippen LogP contribution >= 0.6 is 0 Å². The van der Waals surface area contributed by atoms with Crippen LogP contribution in [0.4, 0.5) is 0 Å². The maximum atomic E-state index is 5.49. The molecule has 2 heteroatoms. The fourth-order valence-corrected chi connectivity index (χ4v) is 1.18. The third-order valence-corrected chi connectivity index (χ3v) is 1.95. The van der Waals surface area contributed by atoms with E-state index < -0.39 is 0 Å². The normalized spacial score (nSPS) is 10.8. The summed E-state index contributed by atoms with van der Waals surface area (Å²) in [4.78, 5) is 0. The highest BCUT2D eigenvalue weighted by Crippen LogP contribution is 2.03. The van der Waals surface area contributed by atoms with Crippen molar-refractivity contribution in [3.8, 4) is 0 Å². The number of hydrogen-bond donors (Lipinski definition) is 0. The van der Waals surface area contributed by atoms with Crippen LogP contribution in [0.5, 0.6) is 0 Å². The summed E-state index contributed by atoms with van der Waals surface area (Å²) in [6.07, 6.45) is 3.81. The molecule has 0 heterocycles. The van der Waals surface area contributed by atoms with Crippen molar-refractivity contribution in [1.82, 2.24) is 0 Å². The van der Waals surface area contributed by atoms with Crippen LogP contribution in [0.15, 0.2) is 0 Å². The second-order valence-electron chi connectivity index (χ2n) is 4.42. The summed E-state index contributed by atoms with van der Waals surface area (Å²) >= 11 is 0. The summed E-state index contributed by atoms with van der Waals surface area (Å²) in [6, 6.07) is 0. The molecule has 0 aromatic carbocycles. The SMILES string of the molecule is C.CC(C)CCCOCCCOC(C)C. The highest BCUT2D eigenvalue weighted by atomic mass is 16.5. The summed E-state index contributed by atoms with van der Waals surface area (Å²) in [6.45, 7) is 11.2. The van der Waals surface area contributed by atoms with E-state index in [-0.39, 0.29) is 7.43 Å². The van der Waals surface area contributed by atoms with Gasteiger partial charge in [-0.15, -0.1) is 0 Å². The van der Waals surface area contributed by atoms with Gasteiger partial charge in [0.15, 0.2) is 0 Å². The van der Waals surface area contributed by atoms with Gasteiger partial charge < -0.3 is 9.47 Å². The molecule has 0 aromatic rings. The Balaban J connectivity index is 0. The molecular formula is C13H30O2. The van der Waals surface area contributed by atoms with Crippen LogP contribution in [0.2, 0.25) is 0 Å². The van der Waals surface area contributed by atoms with Crippen LogP contribution in [-0.4, -0.2) is 25.9 Å². The zero-order valence-corrected chi connectivity index (χ0v) is 10.2. The highest BCUT2D eigenvalue weighted by molar-refractivity contribution is 4.45. The Bertz CT molecular complexity index is 97.1. The van der Waals surface area contributed by atoms with Crippen molar-refractivity contribution in [2.75, 3.05) is 19.8 Å². The van der Waals surface area contributed by atoms with Gasteiger partial charge in [-0.05, 0) is 39.0 Å². The Morgan fingerprint density at radius 1 is 0.867 bits per heavy atom. The van der Waals surface area contributed by atoms with Crippen molar-refractivity contribution in [1.29, 1.82) is 0 Å². The van der Waals surface area contributed by atoms with E-state index in [2.05, 4.69) is 27.7 Å². The van der Waals surface area contributed by atoms with Gasteiger partial charge in [-0.3, -0.25) is 0 Å². The molecule has 0 aliphatic heterocycles. The molecule has 0 aliphatic carbocycles. The van der Waals surface area contributed by atoms with Crippen LogP contribution in [0.25, 0.3) is 0 Å². The average Bonchev–Trinajstić information content (AvgIpc) is 2.08. The zero-order chi connectivity index (χ0) is 10.8. The van der Waals surface area contributed by atoms with Gasteiger partial charge in [-0.2, -0.15) is 0 Å². The lowest BCUT2D eigenvalue weighted by molar-refractivity contribution is 0.0503. The fourth-order valence-electron chi connectivity index (χ4n) is 1.18. The van der Waals surface area contributed by atoms with E-state index in [0.717, 1.165) is 32.2 Å². The van der Waals surface area contributed by atoms with Crippen molar-refractivity contribution in [3.05, 3.63) is 0 Å². The second-order valence-corrected chi connectivity index (χ2v) is 4.42. The molecule has 0 fully saturated rings. The van der Waals surface area contributed by atoms with E-state index in [1.807, 2.05) is 0 Å². The number of ether oxygens (including phenoxy) is 2. The van der Waals surface area contributed by atoms with Crippen LogP contribution in [-0.2, 0) is 9.47 Å². The largest absolute Gasteiger partial charge is 0.381 e. The molecular weight excluding hydrogens is 188 g/mol. The molecule has 0 radical (unpaired) electrons. The Kier molecular flexibility index (Phi) is 13.8. The lowest BCUT2D eigenvalue weighted by atomic mass is 10.1. The molecule has 0 N–H and O–H groups in total. The topological polar surface area (TPSA) is 18.5 Å². The van der Waals surface area contributed by atoms with Gasteiger partial charge >= 0.3 is 0 Å². The first-order valence-corrected chi connectivity index (χ1v) is 5.82. The molecule has 0 aromatic heterocycles. The Morgan fingerprint density at radius 3 is 2.00 bits per heavy atom. The van der Waals surface area contributed by atoms with Crippen LogP contribution in [0.3, 0.4) is 0 Å². The van der Waals surface area contributed by atoms with Gasteiger partial charge in [0, 0.05) is 19.8 Å². The molecule has 0 unspecified atom stereocenters. The number of rotatable bonds is 9. The summed E-state index contributed by atoms with van der Waals surface area (Å²) in [7, 11) is 0. The Hall–Kier alpha value is -0.0800. The van der Waals surface area contributed by atoms with Crippen molar-refractivity contribution in [2.45, 2.75) is 60.5 Å². The fraction of sp³-hybridized carbons (Fsp3) is 1.00. The van der Waals surface area contributed by atoms with E-state index in [4.69, 9.17) is 9.47 Å². The van der Waals surface area contributed by atoms with Gasteiger partial charge in [-0.1, -0.05) is 21.3 Å². The van der Waals surface area contributed by atoms with Crippen molar-refractivity contribution < 1.29 is 9.47 Å². The predicted octanol–water partition coefficient (Wildman–Crippen LogP) is 3.89. The third kappa shape index (κ3) is 16.6. The minimum Gasteiger partial charge on any atom is -0.381 e. The predicted molar refractivity (Wildman–Crippen MR) is 67.3 cm³/mol. The van der Waals surface area contributed by atoms with Crippen molar-refractivity contribution >= 4 is 0 Å². The molecule has 0 saturated carbocycles. The minimum atomic E-state index is 0. The summed E-state index contributed by atoms with van der Waals surface area (Å²) in [5, 5.41) is 0. The van der Waals surface area contributed by atoms with Gasteiger partial charge in [-0.25, -0.2) is 0 Å². The number of hydrogen-bond acceptors (Lipinski definition) is 2. The van der Waals surface area contributed by atoms with Crippen LogP contribution < -0.4 is 0 Å². The lowest BCUT2D eigenvalue weighted by Crippen LogP contribution is -2.07. The molecule has 0 bridgehead atoms. The summed E-state index contributed by atoms with van der Waals surface area (Å²) < 4.78 is 10.9. The molecule has 94 valence electrons. The van der Waals surface area contributed by atoms with E-state index in [9.17, 15) is 0 Å². The van der Waals surface area contributed by atoms with Crippen LogP contribution in [0, 0.1) is 5.92 Å². The molecule has 0 amide bonds. The maximum Gasteiger partial charge on any atom is 0.0518 e. The van der Waals surface area contributed by atoms with Gasteiger partial charge in [0.2, 0.25) is 0 Å². The Morgan fingerprint density at radius 2 is 1.47 bits per heavy atom. The van der Waals surface area contributed by atoms with E-state index >= 15 is 0 Å². The Labute approximate surface area is 96.4 Å². The minimum absolute atomic E-state index is 0. The molecule has 0 rings (SSSR count). The maximum absolute atomic E-state index is 5.49. The van der Waals surface area contributed by atoms with Crippen molar-refractivity contribution in [2.24, 2.45) is 5.92 Å². The molecule has 0 spiro atoms. The van der Waals surface area contributed by atoms with Gasteiger partial charge in [0.25, 0.3) is 0 Å². The van der Waals surface area contributed by atoms with Gasteiger partial charge in [0.1, 0.15) is 0 Å². The highest BCUT2D eigenvalue weighted by Gasteiger charge is 1.95.